The van der Waals surface area contributed by atoms with E-state index in [1.54, 1.807) is 25.1 Å². The van der Waals surface area contributed by atoms with Gasteiger partial charge in [-0.05, 0) is 56.3 Å². The number of carbonyl (C=O) groups is 2. The first-order valence-corrected chi connectivity index (χ1v) is 13.8. The highest BCUT2D eigenvalue weighted by Crippen LogP contribution is 2.21. The number of aryl methyl sites for hydroxylation is 1. The first kappa shape index (κ1) is 27.7. The number of nitriles is 2. The van der Waals surface area contributed by atoms with Crippen LogP contribution in [0.1, 0.15) is 47.4 Å². The summed E-state index contributed by atoms with van der Waals surface area (Å²) < 4.78 is 34.7. The van der Waals surface area contributed by atoms with E-state index in [4.69, 9.17) is 15.3 Å². The van der Waals surface area contributed by atoms with Crippen molar-refractivity contribution in [2.45, 2.75) is 38.1 Å². The SMILES string of the molecule is CCOC(=O)c1ccc2c(c1)sc(=NC(=O)c1ccc(S(=O)(=O)N(CCC#N)CCC#N)cc1)n2CC. The average molecular weight is 540 g/mol. The minimum absolute atomic E-state index is 0.00597. The second-order valence-electron chi connectivity index (χ2n) is 7.69. The molecule has 12 heteroatoms. The first-order chi connectivity index (χ1) is 17.8. The minimum Gasteiger partial charge on any atom is -0.462 e. The summed E-state index contributed by atoms with van der Waals surface area (Å²) in [6.45, 7) is 4.40. The molecule has 1 aromatic heterocycles. The lowest BCUT2D eigenvalue weighted by Crippen LogP contribution is -2.32. The van der Waals surface area contributed by atoms with Gasteiger partial charge in [0.25, 0.3) is 5.91 Å². The van der Waals surface area contributed by atoms with Crippen molar-refractivity contribution < 1.29 is 22.7 Å². The van der Waals surface area contributed by atoms with Crippen LogP contribution in [0.3, 0.4) is 0 Å². The molecule has 1 amide bonds. The summed E-state index contributed by atoms with van der Waals surface area (Å²) in [7, 11) is -3.94. The van der Waals surface area contributed by atoms with E-state index in [0.29, 0.717) is 16.9 Å². The third-order valence-corrected chi connectivity index (χ3v) is 8.35. The minimum atomic E-state index is -3.94. The molecule has 0 aliphatic heterocycles. The van der Waals surface area contributed by atoms with E-state index in [0.717, 1.165) is 14.5 Å². The molecule has 0 aliphatic carbocycles. The van der Waals surface area contributed by atoms with E-state index in [9.17, 15) is 18.0 Å². The van der Waals surface area contributed by atoms with Crippen molar-refractivity contribution in [2.75, 3.05) is 19.7 Å². The van der Waals surface area contributed by atoms with Crippen LogP contribution in [0.5, 0.6) is 0 Å². The van der Waals surface area contributed by atoms with E-state index in [1.165, 1.54) is 35.6 Å². The van der Waals surface area contributed by atoms with Gasteiger partial charge in [-0.3, -0.25) is 4.79 Å². The van der Waals surface area contributed by atoms with Crippen LogP contribution >= 0.6 is 11.3 Å². The lowest BCUT2D eigenvalue weighted by atomic mass is 10.2. The number of fused-ring (bicyclic) bond motifs is 1. The van der Waals surface area contributed by atoms with E-state index in [-0.39, 0.29) is 43.0 Å². The van der Waals surface area contributed by atoms with E-state index >= 15 is 0 Å². The van der Waals surface area contributed by atoms with Crippen molar-refractivity contribution in [3.05, 3.63) is 58.4 Å². The normalized spacial score (nSPS) is 11.9. The average Bonchev–Trinajstić information content (AvgIpc) is 3.24. The molecule has 0 bridgehead atoms. The van der Waals surface area contributed by atoms with Gasteiger partial charge in [0, 0.05) is 38.0 Å². The molecule has 3 rings (SSSR count). The van der Waals surface area contributed by atoms with Crippen LogP contribution in [-0.2, 0) is 21.3 Å². The number of hydrogen-bond acceptors (Lipinski definition) is 8. The molecule has 0 radical (unpaired) electrons. The van der Waals surface area contributed by atoms with Crippen molar-refractivity contribution in [3.8, 4) is 12.1 Å². The number of amides is 1. The van der Waals surface area contributed by atoms with Crippen molar-refractivity contribution >= 4 is 43.5 Å². The Labute approximate surface area is 218 Å². The molecular weight excluding hydrogens is 514 g/mol. The summed E-state index contributed by atoms with van der Waals surface area (Å²) >= 11 is 1.26. The van der Waals surface area contributed by atoms with Crippen molar-refractivity contribution in [2.24, 2.45) is 4.99 Å². The van der Waals surface area contributed by atoms with Gasteiger partial charge in [0.1, 0.15) is 0 Å². The van der Waals surface area contributed by atoms with Gasteiger partial charge in [-0.2, -0.15) is 19.8 Å². The summed E-state index contributed by atoms with van der Waals surface area (Å²) in [6, 6.07) is 14.4. The first-order valence-electron chi connectivity index (χ1n) is 11.5. The summed E-state index contributed by atoms with van der Waals surface area (Å²) in [5.41, 5.74) is 1.43. The molecule has 0 N–H and O–H groups in total. The van der Waals surface area contributed by atoms with Gasteiger partial charge in [-0.1, -0.05) is 11.3 Å². The van der Waals surface area contributed by atoms with Gasteiger partial charge < -0.3 is 9.30 Å². The quantitative estimate of drug-likeness (QED) is 0.359. The van der Waals surface area contributed by atoms with Crippen LogP contribution < -0.4 is 4.80 Å². The molecule has 2 aromatic carbocycles. The highest BCUT2D eigenvalue weighted by atomic mass is 32.2. The lowest BCUT2D eigenvalue weighted by Gasteiger charge is -2.20. The van der Waals surface area contributed by atoms with Gasteiger partial charge in [-0.25, -0.2) is 13.2 Å². The summed E-state index contributed by atoms with van der Waals surface area (Å²) in [6.07, 6.45) is -0.0119. The number of carbonyl (C=O) groups excluding carboxylic acids is 2. The van der Waals surface area contributed by atoms with Gasteiger partial charge >= 0.3 is 5.97 Å². The molecule has 192 valence electrons. The van der Waals surface area contributed by atoms with Crippen molar-refractivity contribution in [3.63, 3.8) is 0 Å². The van der Waals surface area contributed by atoms with Crippen LogP contribution in [0.15, 0.2) is 52.4 Å². The number of thiazole rings is 1. The molecule has 0 fully saturated rings. The summed E-state index contributed by atoms with van der Waals surface area (Å²) in [4.78, 5) is 29.6. The molecule has 37 heavy (non-hydrogen) atoms. The smallest absolute Gasteiger partial charge is 0.338 e. The topological polar surface area (TPSA) is 146 Å². The maximum Gasteiger partial charge on any atom is 0.338 e. The fourth-order valence-electron chi connectivity index (χ4n) is 3.58. The van der Waals surface area contributed by atoms with E-state index < -0.39 is 21.9 Å². The predicted octanol–water partition coefficient (Wildman–Crippen LogP) is 3.46. The number of hydrogen-bond donors (Lipinski definition) is 0. The van der Waals surface area contributed by atoms with Crippen molar-refractivity contribution in [1.82, 2.24) is 8.87 Å². The molecule has 0 unspecified atom stereocenters. The predicted molar refractivity (Wildman–Crippen MR) is 137 cm³/mol. The Morgan fingerprint density at radius 1 is 1.03 bits per heavy atom. The molecule has 0 atom stereocenters. The number of rotatable bonds is 10. The number of ether oxygens (including phenoxy) is 1. The van der Waals surface area contributed by atoms with Crippen LogP contribution in [0.2, 0.25) is 0 Å². The zero-order valence-corrected chi connectivity index (χ0v) is 22.0. The van der Waals surface area contributed by atoms with E-state index in [1.807, 2.05) is 23.6 Å². The Morgan fingerprint density at radius 3 is 2.22 bits per heavy atom. The maximum absolute atomic E-state index is 13.0. The number of aromatic nitrogens is 1. The van der Waals surface area contributed by atoms with Gasteiger partial charge in [0.2, 0.25) is 10.0 Å². The molecule has 0 saturated carbocycles. The molecule has 0 spiro atoms. The van der Waals surface area contributed by atoms with Gasteiger partial charge in [0.05, 0.1) is 39.4 Å². The van der Waals surface area contributed by atoms with E-state index in [2.05, 4.69) is 4.99 Å². The fraction of sp³-hybridized carbons (Fsp3) is 0.320. The largest absolute Gasteiger partial charge is 0.462 e. The number of benzene rings is 2. The summed E-state index contributed by atoms with van der Waals surface area (Å²) in [5, 5.41) is 17.7. The molecular formula is C25H25N5O5S2. The Kier molecular flexibility index (Phi) is 9.31. The second kappa shape index (κ2) is 12.4. The molecule has 3 aromatic rings. The highest BCUT2D eigenvalue weighted by molar-refractivity contribution is 7.89. The Balaban J connectivity index is 1.92. The molecule has 10 nitrogen and oxygen atoms in total. The molecule has 0 saturated heterocycles. The third-order valence-electron chi connectivity index (χ3n) is 5.39. The fourth-order valence-corrected chi connectivity index (χ4v) is 6.15. The summed E-state index contributed by atoms with van der Waals surface area (Å²) in [5.74, 6) is -0.974. The van der Waals surface area contributed by atoms with Crippen molar-refractivity contribution in [1.29, 1.82) is 10.5 Å². The van der Waals surface area contributed by atoms with Crippen LogP contribution in [0, 0.1) is 22.7 Å². The Hall–Kier alpha value is -3.84. The van der Waals surface area contributed by atoms with Crippen LogP contribution in [0.25, 0.3) is 10.2 Å². The number of nitrogens with zero attached hydrogens (tertiary/aromatic N) is 5. The molecule has 0 aliphatic rings. The molecule has 1 heterocycles. The number of sulfonamides is 1. The van der Waals surface area contributed by atoms with Crippen LogP contribution in [-0.4, -0.2) is 48.9 Å². The maximum atomic E-state index is 13.0. The standard InChI is InChI=1S/C25H25N5O5S2/c1-3-30-21-12-9-19(24(32)35-4-2)17-22(21)36-25(30)28-23(31)18-7-10-20(11-8-18)37(33,34)29(15-5-13-26)16-6-14-27/h7-12,17H,3-6,15-16H2,1-2H3. The lowest BCUT2D eigenvalue weighted by molar-refractivity contribution is 0.0526. The Morgan fingerprint density at radius 2 is 1.65 bits per heavy atom. The van der Waals surface area contributed by atoms with Gasteiger partial charge in [-0.15, -0.1) is 0 Å². The third kappa shape index (κ3) is 6.30. The number of esters is 1. The highest BCUT2D eigenvalue weighted by Gasteiger charge is 2.24. The second-order valence-corrected chi connectivity index (χ2v) is 10.6. The Bertz CT molecular complexity index is 1540. The zero-order chi connectivity index (χ0) is 27.0. The van der Waals surface area contributed by atoms with Gasteiger partial charge in [0.15, 0.2) is 4.80 Å². The zero-order valence-electron chi connectivity index (χ0n) is 20.4. The monoisotopic (exact) mass is 539 g/mol. The van der Waals surface area contributed by atoms with Crippen LogP contribution in [0.4, 0.5) is 0 Å².